The third-order valence-electron chi connectivity index (χ3n) is 6.40. The summed E-state index contributed by atoms with van der Waals surface area (Å²) in [7, 11) is 0. The van der Waals surface area contributed by atoms with Crippen molar-refractivity contribution in [3.8, 4) is 0 Å². The van der Waals surface area contributed by atoms with Crippen molar-refractivity contribution < 1.29 is 4.79 Å². The highest BCUT2D eigenvalue weighted by Crippen LogP contribution is 2.24. The van der Waals surface area contributed by atoms with Crippen molar-refractivity contribution in [2.24, 2.45) is 0 Å². The molecule has 0 aliphatic carbocycles. The Morgan fingerprint density at radius 1 is 0.759 bits per heavy atom. The SMILES string of the molecule is Cc1cccc(N2CCN(CC(=O)N3CCN(c4ccccc4)CC3)CC2)c1C. The van der Waals surface area contributed by atoms with E-state index in [4.69, 9.17) is 0 Å². The average Bonchev–Trinajstić information content (AvgIpc) is 2.77. The molecule has 5 heteroatoms. The Morgan fingerprint density at radius 2 is 1.41 bits per heavy atom. The van der Waals surface area contributed by atoms with Crippen LogP contribution in [0.3, 0.4) is 0 Å². The zero-order valence-electron chi connectivity index (χ0n) is 17.7. The monoisotopic (exact) mass is 392 g/mol. The van der Waals surface area contributed by atoms with Gasteiger partial charge in [-0.1, -0.05) is 30.3 Å². The number of hydrogen-bond acceptors (Lipinski definition) is 4. The molecule has 2 heterocycles. The molecule has 29 heavy (non-hydrogen) atoms. The molecule has 2 aromatic rings. The van der Waals surface area contributed by atoms with Gasteiger partial charge in [0.15, 0.2) is 0 Å². The smallest absolute Gasteiger partial charge is 0.236 e. The molecule has 0 atom stereocenters. The molecule has 0 saturated carbocycles. The van der Waals surface area contributed by atoms with Crippen molar-refractivity contribution in [1.82, 2.24) is 9.80 Å². The predicted octanol–water partition coefficient (Wildman–Crippen LogP) is 2.77. The number of aryl methyl sites for hydroxylation is 1. The van der Waals surface area contributed by atoms with Crippen LogP contribution in [0.5, 0.6) is 0 Å². The van der Waals surface area contributed by atoms with Crippen molar-refractivity contribution in [1.29, 1.82) is 0 Å². The summed E-state index contributed by atoms with van der Waals surface area (Å²) in [6.07, 6.45) is 0. The maximum Gasteiger partial charge on any atom is 0.236 e. The van der Waals surface area contributed by atoms with Crippen LogP contribution in [-0.2, 0) is 4.79 Å². The number of hydrogen-bond donors (Lipinski definition) is 0. The third-order valence-corrected chi connectivity index (χ3v) is 6.40. The van der Waals surface area contributed by atoms with Gasteiger partial charge in [-0.05, 0) is 43.2 Å². The molecule has 0 aromatic heterocycles. The van der Waals surface area contributed by atoms with E-state index in [1.54, 1.807) is 0 Å². The second-order valence-electron chi connectivity index (χ2n) is 8.19. The minimum Gasteiger partial charge on any atom is -0.369 e. The summed E-state index contributed by atoms with van der Waals surface area (Å²) in [6.45, 7) is 12.2. The van der Waals surface area contributed by atoms with Crippen LogP contribution >= 0.6 is 0 Å². The largest absolute Gasteiger partial charge is 0.369 e. The molecule has 2 saturated heterocycles. The topological polar surface area (TPSA) is 30.0 Å². The van der Waals surface area contributed by atoms with Gasteiger partial charge in [0, 0.05) is 63.7 Å². The Bertz CT molecular complexity index is 822. The van der Waals surface area contributed by atoms with Crippen molar-refractivity contribution >= 4 is 17.3 Å². The van der Waals surface area contributed by atoms with Gasteiger partial charge < -0.3 is 14.7 Å². The molecule has 0 unspecified atom stereocenters. The van der Waals surface area contributed by atoms with Crippen LogP contribution in [-0.4, -0.2) is 74.6 Å². The van der Waals surface area contributed by atoms with Crippen molar-refractivity contribution in [3.63, 3.8) is 0 Å². The summed E-state index contributed by atoms with van der Waals surface area (Å²) in [5, 5.41) is 0. The maximum atomic E-state index is 12.8. The molecule has 1 amide bonds. The molecule has 2 aliphatic heterocycles. The van der Waals surface area contributed by atoms with E-state index in [0.29, 0.717) is 6.54 Å². The number of rotatable bonds is 4. The quantitative estimate of drug-likeness (QED) is 0.800. The van der Waals surface area contributed by atoms with E-state index < -0.39 is 0 Å². The van der Waals surface area contributed by atoms with Crippen LogP contribution < -0.4 is 9.80 Å². The Kier molecular flexibility index (Phi) is 6.05. The van der Waals surface area contributed by atoms with Crippen molar-refractivity contribution in [2.45, 2.75) is 13.8 Å². The predicted molar refractivity (Wildman–Crippen MR) is 120 cm³/mol. The number of benzene rings is 2. The molecule has 2 aliphatic rings. The minimum absolute atomic E-state index is 0.276. The molecule has 154 valence electrons. The first-order valence-electron chi connectivity index (χ1n) is 10.7. The first kappa shape index (κ1) is 19.8. The van der Waals surface area contributed by atoms with Gasteiger partial charge in [0.25, 0.3) is 0 Å². The van der Waals surface area contributed by atoms with Crippen molar-refractivity contribution in [2.75, 3.05) is 68.7 Å². The third kappa shape index (κ3) is 4.56. The molecule has 2 aromatic carbocycles. The Balaban J connectivity index is 1.25. The molecule has 0 spiro atoms. The lowest BCUT2D eigenvalue weighted by molar-refractivity contribution is -0.132. The van der Waals surface area contributed by atoms with Crippen LogP contribution in [0.4, 0.5) is 11.4 Å². The zero-order chi connectivity index (χ0) is 20.2. The van der Waals surface area contributed by atoms with Gasteiger partial charge >= 0.3 is 0 Å². The summed E-state index contributed by atoms with van der Waals surface area (Å²) in [4.78, 5) is 22.0. The lowest BCUT2D eigenvalue weighted by Crippen LogP contribution is -2.54. The highest BCUT2D eigenvalue weighted by molar-refractivity contribution is 5.78. The summed E-state index contributed by atoms with van der Waals surface area (Å²) in [6, 6.07) is 17.0. The van der Waals surface area contributed by atoms with Gasteiger partial charge in [-0.3, -0.25) is 9.69 Å². The number of amides is 1. The second-order valence-corrected chi connectivity index (χ2v) is 8.19. The minimum atomic E-state index is 0.276. The fourth-order valence-corrected chi connectivity index (χ4v) is 4.37. The first-order valence-corrected chi connectivity index (χ1v) is 10.7. The highest BCUT2D eigenvalue weighted by atomic mass is 16.2. The fraction of sp³-hybridized carbons (Fsp3) is 0.458. The van der Waals surface area contributed by atoms with Crippen LogP contribution in [0.2, 0.25) is 0 Å². The lowest BCUT2D eigenvalue weighted by atomic mass is 10.1. The van der Waals surface area contributed by atoms with E-state index in [0.717, 1.165) is 52.4 Å². The Morgan fingerprint density at radius 3 is 2.10 bits per heavy atom. The zero-order valence-corrected chi connectivity index (χ0v) is 17.7. The molecule has 0 radical (unpaired) electrons. The first-order chi connectivity index (χ1) is 14.1. The molecule has 0 N–H and O–H groups in total. The number of carbonyl (C=O) groups excluding carboxylic acids is 1. The van der Waals surface area contributed by atoms with Gasteiger partial charge in [0.2, 0.25) is 5.91 Å². The highest BCUT2D eigenvalue weighted by Gasteiger charge is 2.25. The average molecular weight is 393 g/mol. The van der Waals surface area contributed by atoms with E-state index >= 15 is 0 Å². The van der Waals surface area contributed by atoms with Gasteiger partial charge in [-0.25, -0.2) is 0 Å². The Labute approximate surface area is 174 Å². The van der Waals surface area contributed by atoms with E-state index in [9.17, 15) is 4.79 Å². The van der Waals surface area contributed by atoms with E-state index in [1.165, 1.54) is 22.5 Å². The molecule has 2 fully saturated rings. The lowest BCUT2D eigenvalue weighted by Gasteiger charge is -2.39. The number of nitrogens with zero attached hydrogens (tertiary/aromatic N) is 4. The Hall–Kier alpha value is -2.53. The van der Waals surface area contributed by atoms with E-state index in [-0.39, 0.29) is 5.91 Å². The summed E-state index contributed by atoms with van der Waals surface area (Å²) in [5.41, 5.74) is 5.30. The summed E-state index contributed by atoms with van der Waals surface area (Å²) < 4.78 is 0. The van der Waals surface area contributed by atoms with Crippen LogP contribution in [0, 0.1) is 13.8 Å². The molecular weight excluding hydrogens is 360 g/mol. The molecule has 4 rings (SSSR count). The normalized spacial score (nSPS) is 18.2. The molecular formula is C24H32N4O. The van der Waals surface area contributed by atoms with E-state index in [2.05, 4.69) is 71.0 Å². The number of anilines is 2. The molecule has 5 nitrogen and oxygen atoms in total. The second kappa shape index (κ2) is 8.87. The number of piperazine rings is 2. The van der Waals surface area contributed by atoms with Crippen molar-refractivity contribution in [3.05, 3.63) is 59.7 Å². The number of para-hydroxylation sites is 1. The standard InChI is InChI=1S/C24H32N4O/c1-20-7-6-10-23(21(20)2)27-13-11-25(12-14-27)19-24(29)28-17-15-26(16-18-28)22-8-4-3-5-9-22/h3-10H,11-19H2,1-2H3. The van der Waals surface area contributed by atoms with Gasteiger partial charge in [-0.15, -0.1) is 0 Å². The van der Waals surface area contributed by atoms with Gasteiger partial charge in [0.05, 0.1) is 6.54 Å². The maximum absolute atomic E-state index is 12.8. The van der Waals surface area contributed by atoms with Crippen LogP contribution in [0.1, 0.15) is 11.1 Å². The molecule has 0 bridgehead atoms. The van der Waals surface area contributed by atoms with E-state index in [1.807, 2.05) is 11.0 Å². The van der Waals surface area contributed by atoms with Gasteiger partial charge in [-0.2, -0.15) is 0 Å². The van der Waals surface area contributed by atoms with Crippen LogP contribution in [0.25, 0.3) is 0 Å². The van der Waals surface area contributed by atoms with Gasteiger partial charge in [0.1, 0.15) is 0 Å². The van der Waals surface area contributed by atoms with Crippen LogP contribution in [0.15, 0.2) is 48.5 Å². The summed E-state index contributed by atoms with van der Waals surface area (Å²) in [5.74, 6) is 0.276. The fourth-order valence-electron chi connectivity index (χ4n) is 4.37. The summed E-state index contributed by atoms with van der Waals surface area (Å²) >= 11 is 0. The number of carbonyl (C=O) groups is 1.